The molecular formula is C30H62O7. The Labute approximate surface area is 229 Å². The fraction of sp³-hybridized carbons (Fsp3) is 1.00. The summed E-state index contributed by atoms with van der Waals surface area (Å²) in [6.07, 6.45) is 22.3. The van der Waals surface area contributed by atoms with E-state index in [9.17, 15) is 0 Å². The minimum atomic E-state index is 0.0432. The molecule has 0 radical (unpaired) electrons. The van der Waals surface area contributed by atoms with Gasteiger partial charge in [-0.3, -0.25) is 0 Å². The molecule has 0 aromatic heterocycles. The molecule has 0 bridgehead atoms. The van der Waals surface area contributed by atoms with Crippen LogP contribution in [0.5, 0.6) is 0 Å². The zero-order valence-corrected chi connectivity index (χ0v) is 24.4. The molecule has 0 unspecified atom stereocenters. The van der Waals surface area contributed by atoms with Crippen LogP contribution in [0.4, 0.5) is 0 Å². The maximum absolute atomic E-state index is 8.57. The summed E-state index contributed by atoms with van der Waals surface area (Å²) in [4.78, 5) is 0. The number of rotatable bonds is 34. The lowest BCUT2D eigenvalue weighted by Crippen LogP contribution is -2.14. The zero-order valence-electron chi connectivity index (χ0n) is 24.4. The Bertz CT molecular complexity index is 351. The monoisotopic (exact) mass is 534 g/mol. The smallest absolute Gasteiger partial charge is 0.0701 e. The second kappa shape index (κ2) is 35.7. The third-order valence-corrected chi connectivity index (χ3v) is 6.24. The molecule has 0 saturated heterocycles. The van der Waals surface area contributed by atoms with Crippen molar-refractivity contribution < 1.29 is 33.5 Å². The molecule has 0 amide bonds. The molecule has 0 aliphatic rings. The molecule has 0 aromatic rings. The van der Waals surface area contributed by atoms with Gasteiger partial charge in [0.2, 0.25) is 0 Å². The molecule has 0 aromatic carbocycles. The van der Waals surface area contributed by atoms with Crippen LogP contribution in [0.15, 0.2) is 0 Å². The molecule has 0 spiro atoms. The van der Waals surface area contributed by atoms with E-state index in [1.54, 1.807) is 0 Å². The number of aliphatic hydroxyl groups excluding tert-OH is 1. The first-order chi connectivity index (χ1) is 18.4. The molecule has 7 nitrogen and oxygen atoms in total. The van der Waals surface area contributed by atoms with Gasteiger partial charge in [-0.05, 0) is 6.42 Å². The van der Waals surface area contributed by atoms with Crippen LogP contribution in [0.1, 0.15) is 110 Å². The Morgan fingerprint density at radius 1 is 0.297 bits per heavy atom. The third-order valence-electron chi connectivity index (χ3n) is 6.24. The van der Waals surface area contributed by atoms with E-state index in [-0.39, 0.29) is 6.61 Å². The molecule has 1 N–H and O–H groups in total. The first kappa shape index (κ1) is 36.7. The topological polar surface area (TPSA) is 75.6 Å². The molecule has 0 aliphatic heterocycles. The van der Waals surface area contributed by atoms with Gasteiger partial charge in [0.1, 0.15) is 0 Å². The number of aliphatic hydroxyl groups is 1. The van der Waals surface area contributed by atoms with Crippen LogP contribution >= 0.6 is 0 Å². The van der Waals surface area contributed by atoms with Crippen molar-refractivity contribution in [3.05, 3.63) is 0 Å². The second-order valence-corrected chi connectivity index (χ2v) is 9.70. The average molecular weight is 535 g/mol. The summed E-state index contributed by atoms with van der Waals surface area (Å²) >= 11 is 0. The SMILES string of the molecule is CCCCCCCCCCCCCCCCCCOCCOCCOCCOCCOCCOCCO. The predicted octanol–water partition coefficient (Wildman–Crippen LogP) is 6.34. The van der Waals surface area contributed by atoms with Gasteiger partial charge < -0.3 is 33.5 Å². The number of unbranched alkanes of at least 4 members (excludes halogenated alkanes) is 15. The standard InChI is InChI=1S/C30H62O7/c1-2-3-4-5-6-7-8-9-10-11-12-13-14-15-16-17-19-32-21-23-34-25-27-36-29-30-37-28-26-35-24-22-33-20-18-31/h31H,2-30H2,1H3. The molecule has 0 fully saturated rings. The highest BCUT2D eigenvalue weighted by molar-refractivity contribution is 4.50. The summed E-state index contributed by atoms with van der Waals surface area (Å²) in [6.45, 7) is 9.15. The molecule has 0 heterocycles. The van der Waals surface area contributed by atoms with Gasteiger partial charge in [-0.25, -0.2) is 0 Å². The summed E-state index contributed by atoms with van der Waals surface area (Å²) in [7, 11) is 0. The van der Waals surface area contributed by atoms with Gasteiger partial charge in [-0.2, -0.15) is 0 Å². The van der Waals surface area contributed by atoms with Crippen molar-refractivity contribution in [2.24, 2.45) is 0 Å². The summed E-state index contributed by atoms with van der Waals surface area (Å²) in [5, 5.41) is 8.57. The van der Waals surface area contributed by atoms with Gasteiger partial charge in [0.25, 0.3) is 0 Å². The van der Waals surface area contributed by atoms with Crippen molar-refractivity contribution in [1.29, 1.82) is 0 Å². The van der Waals surface area contributed by atoms with Crippen molar-refractivity contribution in [2.45, 2.75) is 110 Å². The maximum Gasteiger partial charge on any atom is 0.0701 e. The Hall–Kier alpha value is -0.280. The number of ether oxygens (including phenoxy) is 6. The van der Waals surface area contributed by atoms with Gasteiger partial charge in [0, 0.05) is 6.61 Å². The van der Waals surface area contributed by atoms with E-state index in [2.05, 4.69) is 6.92 Å². The number of hydrogen-bond acceptors (Lipinski definition) is 7. The van der Waals surface area contributed by atoms with E-state index in [4.69, 9.17) is 33.5 Å². The molecular weight excluding hydrogens is 472 g/mol. The minimum Gasteiger partial charge on any atom is -0.394 e. The van der Waals surface area contributed by atoms with E-state index in [0.29, 0.717) is 72.7 Å². The van der Waals surface area contributed by atoms with Crippen LogP contribution in [0.25, 0.3) is 0 Å². The largest absolute Gasteiger partial charge is 0.394 e. The lowest BCUT2D eigenvalue weighted by Gasteiger charge is -2.08. The Morgan fingerprint density at radius 2 is 0.541 bits per heavy atom. The van der Waals surface area contributed by atoms with Gasteiger partial charge in [-0.15, -0.1) is 0 Å². The first-order valence-electron chi connectivity index (χ1n) is 15.5. The zero-order chi connectivity index (χ0) is 26.7. The molecule has 0 atom stereocenters. The molecule has 0 aliphatic carbocycles. The number of hydrogen-bond donors (Lipinski definition) is 1. The molecule has 0 rings (SSSR count). The predicted molar refractivity (Wildman–Crippen MR) is 152 cm³/mol. The van der Waals surface area contributed by atoms with Gasteiger partial charge >= 0.3 is 0 Å². The summed E-state index contributed by atoms with van der Waals surface area (Å²) < 4.78 is 32.5. The molecule has 224 valence electrons. The highest BCUT2D eigenvalue weighted by Crippen LogP contribution is 2.13. The fourth-order valence-electron chi connectivity index (χ4n) is 4.02. The van der Waals surface area contributed by atoms with Gasteiger partial charge in [0.05, 0.1) is 79.3 Å². The van der Waals surface area contributed by atoms with E-state index < -0.39 is 0 Å². The summed E-state index contributed by atoms with van der Waals surface area (Å²) in [5.74, 6) is 0. The van der Waals surface area contributed by atoms with Crippen molar-refractivity contribution in [3.8, 4) is 0 Å². The van der Waals surface area contributed by atoms with Crippen LogP contribution in [0.3, 0.4) is 0 Å². The first-order valence-corrected chi connectivity index (χ1v) is 15.5. The third kappa shape index (κ3) is 35.7. The van der Waals surface area contributed by atoms with Crippen LogP contribution in [0.2, 0.25) is 0 Å². The average Bonchev–Trinajstić information content (AvgIpc) is 2.91. The van der Waals surface area contributed by atoms with Crippen LogP contribution in [-0.2, 0) is 28.4 Å². The normalized spacial score (nSPS) is 11.5. The van der Waals surface area contributed by atoms with Gasteiger partial charge in [-0.1, -0.05) is 103 Å². The lowest BCUT2D eigenvalue weighted by molar-refractivity contribution is -0.0182. The highest BCUT2D eigenvalue weighted by atomic mass is 16.6. The minimum absolute atomic E-state index is 0.0432. The van der Waals surface area contributed by atoms with E-state index >= 15 is 0 Å². The quantitative estimate of drug-likeness (QED) is 0.0966. The van der Waals surface area contributed by atoms with E-state index in [0.717, 1.165) is 13.0 Å². The summed E-state index contributed by atoms with van der Waals surface area (Å²) in [5.41, 5.74) is 0. The van der Waals surface area contributed by atoms with Crippen molar-refractivity contribution in [1.82, 2.24) is 0 Å². The Balaban J connectivity index is 3.00. The molecule has 0 saturated carbocycles. The van der Waals surface area contributed by atoms with Crippen LogP contribution in [-0.4, -0.2) is 91.0 Å². The molecule has 7 heteroatoms. The summed E-state index contributed by atoms with van der Waals surface area (Å²) in [6, 6.07) is 0. The van der Waals surface area contributed by atoms with E-state index in [1.165, 1.54) is 96.3 Å². The Kier molecular flexibility index (Phi) is 35.4. The van der Waals surface area contributed by atoms with E-state index in [1.807, 2.05) is 0 Å². The second-order valence-electron chi connectivity index (χ2n) is 9.70. The van der Waals surface area contributed by atoms with Crippen molar-refractivity contribution >= 4 is 0 Å². The Morgan fingerprint density at radius 3 is 0.838 bits per heavy atom. The molecule has 37 heavy (non-hydrogen) atoms. The van der Waals surface area contributed by atoms with Crippen LogP contribution < -0.4 is 0 Å². The fourth-order valence-corrected chi connectivity index (χ4v) is 4.02. The maximum atomic E-state index is 8.57. The van der Waals surface area contributed by atoms with Gasteiger partial charge in [0.15, 0.2) is 0 Å². The highest BCUT2D eigenvalue weighted by Gasteiger charge is 1.96. The van der Waals surface area contributed by atoms with Crippen molar-refractivity contribution in [3.63, 3.8) is 0 Å². The van der Waals surface area contributed by atoms with Crippen molar-refractivity contribution in [2.75, 3.05) is 85.9 Å². The lowest BCUT2D eigenvalue weighted by atomic mass is 10.0. The van der Waals surface area contributed by atoms with Crippen LogP contribution in [0, 0.1) is 0 Å².